The summed E-state index contributed by atoms with van der Waals surface area (Å²) in [6, 6.07) is 7.92. The fourth-order valence-corrected chi connectivity index (χ4v) is 2.26. The third-order valence-corrected chi connectivity index (χ3v) is 3.33. The van der Waals surface area contributed by atoms with Crippen LogP contribution in [-0.2, 0) is 11.2 Å². The highest BCUT2D eigenvalue weighted by Crippen LogP contribution is 2.25. The molecule has 0 atom stereocenters. The Morgan fingerprint density at radius 1 is 1.35 bits per heavy atom. The van der Waals surface area contributed by atoms with Crippen molar-refractivity contribution in [1.29, 1.82) is 0 Å². The monoisotopic (exact) mass is 246 g/mol. The molecule has 1 amide bonds. The molecule has 0 unspecified atom stereocenters. The van der Waals surface area contributed by atoms with Crippen molar-refractivity contribution in [2.75, 3.05) is 14.1 Å². The number of rotatable bonds is 3. The number of aromatic nitrogens is 1. The zero-order valence-corrected chi connectivity index (χ0v) is 10.7. The molecule has 88 valence electrons. The number of hydrogen-bond acceptors (Lipinski definition) is 3. The van der Waals surface area contributed by atoms with E-state index in [2.05, 4.69) is 4.98 Å². The molecule has 1 aromatic carbocycles. The highest BCUT2D eigenvalue weighted by atomic mass is 32.1. The summed E-state index contributed by atoms with van der Waals surface area (Å²) >= 11 is 1.59. The summed E-state index contributed by atoms with van der Waals surface area (Å²) in [5.74, 6) is 0.106. The van der Waals surface area contributed by atoms with Gasteiger partial charge < -0.3 is 4.90 Å². The van der Waals surface area contributed by atoms with E-state index in [1.165, 1.54) is 0 Å². The van der Waals surface area contributed by atoms with Crippen LogP contribution in [0.2, 0.25) is 0 Å². The van der Waals surface area contributed by atoms with Gasteiger partial charge in [-0.05, 0) is 5.56 Å². The first-order chi connectivity index (χ1) is 8.18. The maximum Gasteiger partial charge on any atom is 0.226 e. The van der Waals surface area contributed by atoms with Gasteiger partial charge in [-0.3, -0.25) is 4.79 Å². The average molecular weight is 246 g/mol. The number of thiazole rings is 1. The van der Waals surface area contributed by atoms with Crippen molar-refractivity contribution in [2.24, 2.45) is 0 Å². The van der Waals surface area contributed by atoms with Gasteiger partial charge in [-0.1, -0.05) is 24.3 Å². The molecule has 2 aromatic rings. The fourth-order valence-electron chi connectivity index (χ4n) is 1.56. The van der Waals surface area contributed by atoms with Crippen LogP contribution in [0.1, 0.15) is 5.56 Å². The van der Waals surface area contributed by atoms with E-state index in [-0.39, 0.29) is 5.91 Å². The van der Waals surface area contributed by atoms with Crippen LogP contribution in [0, 0.1) is 0 Å². The lowest BCUT2D eigenvalue weighted by atomic mass is 10.0. The summed E-state index contributed by atoms with van der Waals surface area (Å²) in [5.41, 5.74) is 2.08. The second kappa shape index (κ2) is 5.10. The molecule has 3 nitrogen and oxygen atoms in total. The van der Waals surface area contributed by atoms with E-state index in [9.17, 15) is 4.79 Å². The van der Waals surface area contributed by atoms with Gasteiger partial charge in [-0.25, -0.2) is 4.98 Å². The minimum Gasteiger partial charge on any atom is -0.349 e. The zero-order valence-electron chi connectivity index (χ0n) is 9.88. The molecule has 4 heteroatoms. The van der Waals surface area contributed by atoms with Crippen LogP contribution in [0.15, 0.2) is 35.8 Å². The van der Waals surface area contributed by atoms with E-state index in [4.69, 9.17) is 0 Å². The molecule has 1 heterocycles. The Morgan fingerprint density at radius 2 is 2.12 bits per heavy atom. The predicted octanol–water partition coefficient (Wildman–Crippen LogP) is 2.44. The van der Waals surface area contributed by atoms with Crippen molar-refractivity contribution < 1.29 is 4.79 Å². The zero-order chi connectivity index (χ0) is 12.3. The van der Waals surface area contributed by atoms with Gasteiger partial charge in [0.15, 0.2) is 0 Å². The van der Waals surface area contributed by atoms with Crippen molar-refractivity contribution in [3.05, 3.63) is 41.4 Å². The minimum absolute atomic E-state index is 0.106. The van der Waals surface area contributed by atoms with E-state index in [0.29, 0.717) is 6.42 Å². The number of benzene rings is 1. The Hall–Kier alpha value is -1.68. The molecule has 0 spiro atoms. The molecule has 0 aliphatic carbocycles. The largest absolute Gasteiger partial charge is 0.349 e. The second-order valence-electron chi connectivity index (χ2n) is 3.96. The smallest absolute Gasteiger partial charge is 0.226 e. The topological polar surface area (TPSA) is 33.2 Å². The third kappa shape index (κ3) is 2.71. The van der Waals surface area contributed by atoms with Gasteiger partial charge in [-0.15, -0.1) is 11.3 Å². The van der Waals surface area contributed by atoms with Gasteiger partial charge in [0.05, 0.1) is 6.42 Å². The molecule has 0 saturated heterocycles. The maximum atomic E-state index is 11.7. The molecule has 0 aliphatic rings. The lowest BCUT2D eigenvalue weighted by Crippen LogP contribution is -2.23. The van der Waals surface area contributed by atoms with Gasteiger partial charge in [0.1, 0.15) is 5.01 Å². The van der Waals surface area contributed by atoms with E-state index in [0.717, 1.165) is 16.1 Å². The van der Waals surface area contributed by atoms with Crippen LogP contribution in [-0.4, -0.2) is 29.9 Å². The fraction of sp³-hybridized carbons (Fsp3) is 0.231. The molecular weight excluding hydrogens is 232 g/mol. The molecule has 0 fully saturated rings. The first kappa shape index (κ1) is 11.8. The van der Waals surface area contributed by atoms with Gasteiger partial charge in [0, 0.05) is 31.2 Å². The van der Waals surface area contributed by atoms with Crippen LogP contribution in [0.3, 0.4) is 0 Å². The predicted molar refractivity (Wildman–Crippen MR) is 69.9 cm³/mol. The summed E-state index contributed by atoms with van der Waals surface area (Å²) in [4.78, 5) is 17.6. The average Bonchev–Trinajstić information content (AvgIpc) is 2.83. The normalized spacial score (nSPS) is 10.2. The van der Waals surface area contributed by atoms with E-state index in [1.807, 2.05) is 29.6 Å². The van der Waals surface area contributed by atoms with Crippen molar-refractivity contribution >= 4 is 17.2 Å². The maximum absolute atomic E-state index is 11.7. The van der Waals surface area contributed by atoms with Crippen molar-refractivity contribution in [2.45, 2.75) is 6.42 Å². The van der Waals surface area contributed by atoms with Crippen LogP contribution in [0.4, 0.5) is 0 Å². The van der Waals surface area contributed by atoms with E-state index >= 15 is 0 Å². The van der Waals surface area contributed by atoms with Crippen molar-refractivity contribution in [1.82, 2.24) is 9.88 Å². The second-order valence-corrected chi connectivity index (χ2v) is 4.85. The van der Waals surface area contributed by atoms with Gasteiger partial charge in [0.25, 0.3) is 0 Å². The summed E-state index contributed by atoms with van der Waals surface area (Å²) in [6.07, 6.45) is 2.20. The van der Waals surface area contributed by atoms with Crippen LogP contribution < -0.4 is 0 Å². The minimum atomic E-state index is 0.106. The molecule has 0 saturated carbocycles. The highest BCUT2D eigenvalue weighted by Gasteiger charge is 2.11. The van der Waals surface area contributed by atoms with Crippen LogP contribution >= 0.6 is 11.3 Å². The number of carbonyl (C=O) groups is 1. The van der Waals surface area contributed by atoms with E-state index < -0.39 is 0 Å². The lowest BCUT2D eigenvalue weighted by molar-refractivity contribution is -0.127. The SMILES string of the molecule is CN(C)C(=O)Cc1ccccc1-c1nccs1. The molecule has 17 heavy (non-hydrogen) atoms. The Balaban J connectivity index is 2.32. The highest BCUT2D eigenvalue weighted by molar-refractivity contribution is 7.13. The first-order valence-corrected chi connectivity index (χ1v) is 6.24. The number of hydrogen-bond donors (Lipinski definition) is 0. The third-order valence-electron chi connectivity index (χ3n) is 2.52. The lowest BCUT2D eigenvalue weighted by Gasteiger charge is -2.12. The summed E-state index contributed by atoms with van der Waals surface area (Å²) < 4.78 is 0. The van der Waals surface area contributed by atoms with Crippen LogP contribution in [0.5, 0.6) is 0 Å². The molecular formula is C13H14N2OS. The standard InChI is InChI=1S/C13H14N2OS/c1-15(2)12(16)9-10-5-3-4-6-11(10)13-14-7-8-17-13/h3-8H,9H2,1-2H3. The van der Waals surface area contributed by atoms with Crippen LogP contribution in [0.25, 0.3) is 10.6 Å². The molecule has 0 aliphatic heterocycles. The quantitative estimate of drug-likeness (QED) is 0.833. The summed E-state index contributed by atoms with van der Waals surface area (Å²) in [6.45, 7) is 0. The van der Waals surface area contributed by atoms with Crippen molar-refractivity contribution in [3.8, 4) is 10.6 Å². The Morgan fingerprint density at radius 3 is 2.76 bits per heavy atom. The Labute approximate surface area is 105 Å². The van der Waals surface area contributed by atoms with Crippen molar-refractivity contribution in [3.63, 3.8) is 0 Å². The Bertz CT molecular complexity index is 506. The summed E-state index contributed by atoms with van der Waals surface area (Å²) in [7, 11) is 3.54. The van der Waals surface area contributed by atoms with Gasteiger partial charge >= 0.3 is 0 Å². The molecule has 0 radical (unpaired) electrons. The Kier molecular flexibility index (Phi) is 3.54. The molecule has 0 bridgehead atoms. The number of amides is 1. The van der Waals surface area contributed by atoms with Gasteiger partial charge in [0.2, 0.25) is 5.91 Å². The molecule has 0 N–H and O–H groups in total. The molecule has 2 rings (SSSR count). The van der Waals surface area contributed by atoms with Gasteiger partial charge in [-0.2, -0.15) is 0 Å². The number of nitrogens with zero attached hydrogens (tertiary/aromatic N) is 2. The number of carbonyl (C=O) groups excluding carboxylic acids is 1. The molecule has 1 aromatic heterocycles. The van der Waals surface area contributed by atoms with E-state index in [1.54, 1.807) is 36.5 Å². The summed E-state index contributed by atoms with van der Waals surface area (Å²) in [5, 5.41) is 2.91. The first-order valence-electron chi connectivity index (χ1n) is 5.36. The number of likely N-dealkylation sites (N-methyl/N-ethyl adjacent to an activating group) is 1.